The van der Waals surface area contributed by atoms with Gasteiger partial charge in [0.25, 0.3) is 5.91 Å². The molecule has 0 aliphatic carbocycles. The van der Waals surface area contributed by atoms with Gasteiger partial charge in [0.2, 0.25) is 0 Å². The summed E-state index contributed by atoms with van der Waals surface area (Å²) in [5.41, 5.74) is 0.792. The van der Waals surface area contributed by atoms with Gasteiger partial charge in [-0.3, -0.25) is 9.59 Å². The zero-order chi connectivity index (χ0) is 18.6. The van der Waals surface area contributed by atoms with Gasteiger partial charge < -0.3 is 10.4 Å². The Morgan fingerprint density at radius 1 is 1.08 bits per heavy atom. The first kappa shape index (κ1) is 19.0. The van der Waals surface area contributed by atoms with Crippen molar-refractivity contribution in [3.05, 3.63) is 59.1 Å². The number of anilines is 1. The molecule has 0 aromatic heterocycles. The van der Waals surface area contributed by atoms with E-state index >= 15 is 0 Å². The first-order chi connectivity index (χ1) is 11.8. The topological polar surface area (TPSA) is 101 Å². The number of hydrogen-bond acceptors (Lipinski definition) is 4. The minimum Gasteiger partial charge on any atom is -0.480 e. The summed E-state index contributed by atoms with van der Waals surface area (Å²) in [4.78, 5) is 23.1. The van der Waals surface area contributed by atoms with E-state index in [-0.39, 0.29) is 17.2 Å². The van der Waals surface area contributed by atoms with Crippen LogP contribution in [-0.2, 0) is 14.6 Å². The van der Waals surface area contributed by atoms with Crippen LogP contribution in [0.2, 0.25) is 5.02 Å². The Kier molecular flexibility index (Phi) is 5.81. The first-order valence-electron chi connectivity index (χ1n) is 7.39. The van der Waals surface area contributed by atoms with Crippen molar-refractivity contribution in [1.82, 2.24) is 0 Å². The van der Waals surface area contributed by atoms with Gasteiger partial charge in [0, 0.05) is 16.3 Å². The van der Waals surface area contributed by atoms with Gasteiger partial charge >= 0.3 is 5.97 Å². The van der Waals surface area contributed by atoms with Crippen LogP contribution in [0.15, 0.2) is 53.4 Å². The summed E-state index contributed by atoms with van der Waals surface area (Å²) in [7, 11) is -3.98. The highest BCUT2D eigenvalue weighted by Crippen LogP contribution is 2.21. The average molecular weight is 382 g/mol. The molecule has 0 aliphatic rings. The summed E-state index contributed by atoms with van der Waals surface area (Å²) >= 11 is 5.77. The van der Waals surface area contributed by atoms with Crippen molar-refractivity contribution in [2.75, 3.05) is 5.32 Å². The van der Waals surface area contributed by atoms with Crippen molar-refractivity contribution < 1.29 is 23.1 Å². The van der Waals surface area contributed by atoms with Gasteiger partial charge in [0.15, 0.2) is 15.1 Å². The molecular formula is C17H16ClNO5S. The number of benzene rings is 2. The van der Waals surface area contributed by atoms with Crippen molar-refractivity contribution in [1.29, 1.82) is 0 Å². The SMILES string of the molecule is CCC(C(=O)O)S(=O)(=O)c1ccc(NC(=O)c2ccc(Cl)cc2)cc1. The summed E-state index contributed by atoms with van der Waals surface area (Å²) in [6.07, 6.45) is -0.0350. The molecule has 1 amide bonds. The Labute approximate surface area is 150 Å². The van der Waals surface area contributed by atoms with Gasteiger partial charge in [-0.25, -0.2) is 8.42 Å². The third-order valence-electron chi connectivity index (χ3n) is 3.57. The van der Waals surface area contributed by atoms with E-state index in [0.717, 1.165) is 0 Å². The molecule has 6 nitrogen and oxygen atoms in total. The molecule has 25 heavy (non-hydrogen) atoms. The van der Waals surface area contributed by atoms with E-state index in [1.807, 2.05) is 0 Å². The molecule has 2 aromatic carbocycles. The van der Waals surface area contributed by atoms with E-state index in [0.29, 0.717) is 16.3 Å². The van der Waals surface area contributed by atoms with Crippen LogP contribution in [0.4, 0.5) is 5.69 Å². The van der Waals surface area contributed by atoms with Crippen molar-refractivity contribution in [2.24, 2.45) is 0 Å². The molecule has 132 valence electrons. The molecule has 0 fully saturated rings. The van der Waals surface area contributed by atoms with Crippen LogP contribution in [0.5, 0.6) is 0 Å². The van der Waals surface area contributed by atoms with Crippen LogP contribution in [0, 0.1) is 0 Å². The van der Waals surface area contributed by atoms with E-state index in [1.165, 1.54) is 31.2 Å². The number of hydrogen-bond donors (Lipinski definition) is 2. The zero-order valence-electron chi connectivity index (χ0n) is 13.3. The lowest BCUT2D eigenvalue weighted by molar-refractivity contribution is -0.136. The molecule has 1 unspecified atom stereocenters. The van der Waals surface area contributed by atoms with Gasteiger partial charge in [-0.2, -0.15) is 0 Å². The third-order valence-corrected chi connectivity index (χ3v) is 6.03. The third kappa shape index (κ3) is 4.37. The minimum atomic E-state index is -3.98. The number of carbonyl (C=O) groups is 2. The molecule has 0 saturated heterocycles. The number of amides is 1. The minimum absolute atomic E-state index is 0.0350. The standard InChI is InChI=1S/C17H16ClNO5S/c1-2-15(17(21)22)25(23,24)14-9-7-13(8-10-14)19-16(20)11-3-5-12(18)6-4-11/h3-10,15H,2H2,1H3,(H,19,20)(H,21,22). The molecular weight excluding hydrogens is 366 g/mol. The number of carboxylic acids is 1. The molecule has 0 aliphatic heterocycles. The van der Waals surface area contributed by atoms with Crippen LogP contribution in [-0.4, -0.2) is 30.7 Å². The summed E-state index contributed by atoms with van der Waals surface area (Å²) in [6, 6.07) is 11.7. The molecule has 0 saturated carbocycles. The maximum atomic E-state index is 12.3. The maximum absolute atomic E-state index is 12.3. The number of nitrogens with one attached hydrogen (secondary N) is 1. The van der Waals surface area contributed by atoms with E-state index < -0.39 is 21.1 Å². The number of halogens is 1. The molecule has 0 spiro atoms. The summed E-state index contributed by atoms with van der Waals surface area (Å²) in [5.74, 6) is -1.76. The highest BCUT2D eigenvalue weighted by Gasteiger charge is 2.32. The number of aliphatic carboxylic acids is 1. The quantitative estimate of drug-likeness (QED) is 0.800. The second kappa shape index (κ2) is 7.67. The number of rotatable bonds is 6. The van der Waals surface area contributed by atoms with Crippen molar-refractivity contribution in [3.63, 3.8) is 0 Å². The van der Waals surface area contributed by atoms with Crippen LogP contribution in [0.1, 0.15) is 23.7 Å². The zero-order valence-corrected chi connectivity index (χ0v) is 14.8. The Bertz CT molecular complexity index is 876. The number of carbonyl (C=O) groups excluding carboxylic acids is 1. The molecule has 0 radical (unpaired) electrons. The molecule has 2 aromatic rings. The van der Waals surface area contributed by atoms with Crippen molar-refractivity contribution in [2.45, 2.75) is 23.5 Å². The molecule has 2 rings (SSSR count). The van der Waals surface area contributed by atoms with Gasteiger partial charge in [-0.1, -0.05) is 18.5 Å². The molecule has 0 bridgehead atoms. The fourth-order valence-electron chi connectivity index (χ4n) is 2.22. The average Bonchev–Trinajstić information content (AvgIpc) is 2.56. The number of sulfone groups is 1. The fourth-order valence-corrected chi connectivity index (χ4v) is 3.90. The molecule has 0 heterocycles. The van der Waals surface area contributed by atoms with Gasteiger partial charge in [-0.05, 0) is 55.0 Å². The van der Waals surface area contributed by atoms with Crippen molar-refractivity contribution >= 4 is 39.0 Å². The Balaban J connectivity index is 2.18. The van der Waals surface area contributed by atoms with Crippen LogP contribution in [0.3, 0.4) is 0 Å². The normalized spacial score (nSPS) is 12.4. The molecule has 1 atom stereocenters. The summed E-state index contributed by atoms with van der Waals surface area (Å²) < 4.78 is 24.6. The maximum Gasteiger partial charge on any atom is 0.322 e. The lowest BCUT2D eigenvalue weighted by Gasteiger charge is -2.12. The lowest BCUT2D eigenvalue weighted by Crippen LogP contribution is -2.29. The van der Waals surface area contributed by atoms with E-state index in [1.54, 1.807) is 24.3 Å². The van der Waals surface area contributed by atoms with E-state index in [4.69, 9.17) is 16.7 Å². The smallest absolute Gasteiger partial charge is 0.322 e. The van der Waals surface area contributed by atoms with Crippen LogP contribution in [0.25, 0.3) is 0 Å². The van der Waals surface area contributed by atoms with Crippen LogP contribution >= 0.6 is 11.6 Å². The number of carboxylic acid groups (broad SMARTS) is 1. The Morgan fingerprint density at radius 2 is 1.64 bits per heavy atom. The fraction of sp³-hybridized carbons (Fsp3) is 0.176. The Hall–Kier alpha value is -2.38. The molecule has 8 heteroatoms. The van der Waals surface area contributed by atoms with E-state index in [9.17, 15) is 18.0 Å². The lowest BCUT2D eigenvalue weighted by atomic mass is 10.2. The monoisotopic (exact) mass is 381 g/mol. The highest BCUT2D eigenvalue weighted by atomic mass is 35.5. The largest absolute Gasteiger partial charge is 0.480 e. The van der Waals surface area contributed by atoms with E-state index in [2.05, 4.69) is 5.32 Å². The second-order valence-corrected chi connectivity index (χ2v) is 7.83. The predicted octanol–water partition coefficient (Wildman–Crippen LogP) is 3.23. The van der Waals surface area contributed by atoms with Gasteiger partial charge in [0.1, 0.15) is 0 Å². The first-order valence-corrected chi connectivity index (χ1v) is 9.32. The van der Waals surface area contributed by atoms with Crippen molar-refractivity contribution in [3.8, 4) is 0 Å². The van der Waals surface area contributed by atoms with Crippen LogP contribution < -0.4 is 5.32 Å². The Morgan fingerprint density at radius 3 is 2.12 bits per heavy atom. The predicted molar refractivity (Wildman–Crippen MR) is 94.7 cm³/mol. The van der Waals surface area contributed by atoms with Gasteiger partial charge in [0.05, 0.1) is 4.90 Å². The summed E-state index contributed by atoms with van der Waals surface area (Å²) in [6.45, 7) is 1.50. The summed E-state index contributed by atoms with van der Waals surface area (Å²) in [5, 5.41) is 10.7. The highest BCUT2D eigenvalue weighted by molar-refractivity contribution is 7.92. The second-order valence-electron chi connectivity index (χ2n) is 5.27. The van der Waals surface area contributed by atoms with Gasteiger partial charge in [-0.15, -0.1) is 0 Å². The molecule has 2 N–H and O–H groups in total.